The van der Waals surface area contributed by atoms with Crippen molar-refractivity contribution in [2.75, 3.05) is 26.7 Å². The van der Waals surface area contributed by atoms with Gasteiger partial charge in [0.2, 0.25) is 11.8 Å². The van der Waals surface area contributed by atoms with Gasteiger partial charge in [-0.05, 0) is 40.0 Å². The summed E-state index contributed by atoms with van der Waals surface area (Å²) in [5.74, 6) is -0.0469. The van der Waals surface area contributed by atoms with Gasteiger partial charge in [0, 0.05) is 32.4 Å². The highest BCUT2D eigenvalue weighted by Gasteiger charge is 2.47. The van der Waals surface area contributed by atoms with Crippen molar-refractivity contribution < 1.29 is 19.5 Å². The summed E-state index contributed by atoms with van der Waals surface area (Å²) in [6, 6.07) is 0. The second-order valence-corrected chi connectivity index (χ2v) is 7.96. The summed E-state index contributed by atoms with van der Waals surface area (Å²) in [7, 11) is 1.72. The van der Waals surface area contributed by atoms with E-state index in [0.29, 0.717) is 55.8 Å². The third-order valence-corrected chi connectivity index (χ3v) is 6.00. The smallest absolute Gasteiger partial charge is 0.244 e. The molecular weight excluding hydrogens is 348 g/mol. The quantitative estimate of drug-likeness (QED) is 0.777. The minimum absolute atomic E-state index is 0.0536. The number of Topliss-reactive ketones (excluding diaryl/α,β-unsaturated/α-hetero) is 1. The Morgan fingerprint density at radius 1 is 1.26 bits per heavy atom. The molecule has 1 atom stereocenters. The summed E-state index contributed by atoms with van der Waals surface area (Å²) in [6.45, 7) is 6.51. The van der Waals surface area contributed by atoms with Crippen LogP contribution in [0, 0.1) is 19.3 Å². The number of aliphatic hydroxyl groups is 1. The Balaban J connectivity index is 1.67. The molecule has 8 heteroatoms. The Hall–Kier alpha value is -2.22. The van der Waals surface area contributed by atoms with E-state index in [-0.39, 0.29) is 24.1 Å². The van der Waals surface area contributed by atoms with Crippen molar-refractivity contribution in [3.05, 3.63) is 17.0 Å². The van der Waals surface area contributed by atoms with Gasteiger partial charge in [0.15, 0.2) is 5.78 Å². The van der Waals surface area contributed by atoms with Crippen molar-refractivity contribution in [2.45, 2.75) is 52.7 Å². The molecule has 0 saturated carbocycles. The minimum Gasteiger partial charge on any atom is -0.391 e. The lowest BCUT2D eigenvalue weighted by Crippen LogP contribution is -2.57. The summed E-state index contributed by atoms with van der Waals surface area (Å²) < 4.78 is 1.59. The fraction of sp³-hybridized carbons (Fsp3) is 0.684. The van der Waals surface area contributed by atoms with Gasteiger partial charge in [-0.3, -0.25) is 19.1 Å². The number of aryl methyl sites for hydroxylation is 1. The van der Waals surface area contributed by atoms with Crippen LogP contribution in [0.5, 0.6) is 0 Å². The standard InChI is InChI=1S/C19H28N4O4/c1-12-17(14(3)24)13(2)23(20-12)11-16(26)22-7-5-19(6-8-22)9-15(25)10-21(4)18(19)27/h15,25H,5-11H2,1-4H3. The monoisotopic (exact) mass is 376 g/mol. The Morgan fingerprint density at radius 3 is 2.44 bits per heavy atom. The lowest BCUT2D eigenvalue weighted by molar-refractivity contribution is -0.157. The molecular formula is C19H28N4O4. The van der Waals surface area contributed by atoms with Crippen molar-refractivity contribution in [1.29, 1.82) is 0 Å². The molecule has 0 aliphatic carbocycles. The third kappa shape index (κ3) is 3.50. The van der Waals surface area contributed by atoms with Crippen LogP contribution < -0.4 is 0 Å². The summed E-state index contributed by atoms with van der Waals surface area (Å²) in [5, 5.41) is 14.4. The zero-order chi connectivity index (χ0) is 19.9. The first-order chi connectivity index (χ1) is 12.6. The zero-order valence-electron chi connectivity index (χ0n) is 16.5. The number of nitrogens with zero attached hydrogens (tertiary/aromatic N) is 4. The third-order valence-electron chi connectivity index (χ3n) is 6.00. The van der Waals surface area contributed by atoms with Gasteiger partial charge in [-0.1, -0.05) is 0 Å². The molecule has 3 heterocycles. The number of aliphatic hydroxyl groups excluding tert-OH is 1. The maximum Gasteiger partial charge on any atom is 0.244 e. The predicted molar refractivity (Wildman–Crippen MR) is 98.2 cm³/mol. The van der Waals surface area contributed by atoms with Crippen molar-refractivity contribution in [3.63, 3.8) is 0 Å². The molecule has 2 aliphatic heterocycles. The van der Waals surface area contributed by atoms with E-state index < -0.39 is 11.5 Å². The molecule has 1 aromatic rings. The van der Waals surface area contributed by atoms with Crippen LogP contribution in [0.2, 0.25) is 0 Å². The van der Waals surface area contributed by atoms with Gasteiger partial charge in [-0.2, -0.15) is 5.10 Å². The summed E-state index contributed by atoms with van der Waals surface area (Å²) in [4.78, 5) is 40.4. The molecule has 148 valence electrons. The summed E-state index contributed by atoms with van der Waals surface area (Å²) in [6.07, 6.45) is 1.09. The maximum atomic E-state index is 12.7. The Labute approximate surface area is 159 Å². The number of likely N-dealkylation sites (tertiary alicyclic amines) is 2. The van der Waals surface area contributed by atoms with Gasteiger partial charge in [-0.25, -0.2) is 0 Å². The Kier molecular flexibility index (Phi) is 5.12. The zero-order valence-corrected chi connectivity index (χ0v) is 16.5. The van der Waals surface area contributed by atoms with Gasteiger partial charge in [0.25, 0.3) is 0 Å². The molecule has 2 amide bonds. The highest BCUT2D eigenvalue weighted by atomic mass is 16.3. The molecule has 1 N–H and O–H groups in total. The van der Waals surface area contributed by atoms with E-state index in [4.69, 9.17) is 0 Å². The summed E-state index contributed by atoms with van der Waals surface area (Å²) in [5.41, 5.74) is 1.36. The number of hydrogen-bond acceptors (Lipinski definition) is 5. The number of ketones is 1. The van der Waals surface area contributed by atoms with Crippen LogP contribution >= 0.6 is 0 Å². The van der Waals surface area contributed by atoms with Crippen LogP contribution in [0.15, 0.2) is 0 Å². The van der Waals surface area contributed by atoms with Crippen LogP contribution in [0.3, 0.4) is 0 Å². The van der Waals surface area contributed by atoms with Crippen LogP contribution in [0.4, 0.5) is 0 Å². The first-order valence-electron chi connectivity index (χ1n) is 9.41. The number of carbonyl (C=O) groups excluding carboxylic acids is 3. The first kappa shape index (κ1) is 19.5. The molecule has 0 aromatic carbocycles. The second kappa shape index (κ2) is 7.07. The molecule has 1 aromatic heterocycles. The maximum absolute atomic E-state index is 12.7. The van der Waals surface area contributed by atoms with Crippen LogP contribution in [0.25, 0.3) is 0 Å². The van der Waals surface area contributed by atoms with E-state index in [1.54, 1.807) is 35.4 Å². The van der Waals surface area contributed by atoms with E-state index in [2.05, 4.69) is 5.10 Å². The van der Waals surface area contributed by atoms with Gasteiger partial charge < -0.3 is 14.9 Å². The number of amides is 2. The van der Waals surface area contributed by atoms with Crippen LogP contribution in [0.1, 0.15) is 47.9 Å². The molecule has 3 rings (SSSR count). The molecule has 2 aliphatic rings. The fourth-order valence-electron chi connectivity index (χ4n) is 4.60. The number of β-amino-alcohol motifs (C(OH)–C–C–N with tert-alkyl or cyclic N) is 1. The number of hydrogen-bond donors (Lipinski definition) is 1. The molecule has 0 bridgehead atoms. The Bertz CT molecular complexity index is 777. The SMILES string of the molecule is CC(=O)c1c(C)nn(CC(=O)N2CCC3(CC2)CC(O)CN(C)C3=O)c1C. The van der Waals surface area contributed by atoms with E-state index in [0.717, 1.165) is 0 Å². The van der Waals surface area contributed by atoms with E-state index in [1.165, 1.54) is 6.92 Å². The van der Waals surface area contributed by atoms with Crippen LogP contribution in [-0.4, -0.2) is 75.1 Å². The molecule has 2 saturated heterocycles. The largest absolute Gasteiger partial charge is 0.391 e. The van der Waals surface area contributed by atoms with Gasteiger partial charge >= 0.3 is 0 Å². The minimum atomic E-state index is -0.552. The number of piperidine rings is 2. The molecule has 2 fully saturated rings. The number of likely N-dealkylation sites (N-methyl/N-ethyl adjacent to an activating group) is 1. The highest BCUT2D eigenvalue weighted by Crippen LogP contribution is 2.40. The topological polar surface area (TPSA) is 95.7 Å². The van der Waals surface area contributed by atoms with Crippen molar-refractivity contribution in [2.24, 2.45) is 5.41 Å². The lowest BCUT2D eigenvalue weighted by atomic mass is 9.71. The molecule has 1 spiro atoms. The number of aromatic nitrogens is 2. The number of rotatable bonds is 3. The molecule has 27 heavy (non-hydrogen) atoms. The predicted octanol–water partition coefficient (Wildman–Crippen LogP) is 0.534. The van der Waals surface area contributed by atoms with Gasteiger partial charge in [0.1, 0.15) is 6.54 Å². The van der Waals surface area contributed by atoms with Crippen molar-refractivity contribution in [1.82, 2.24) is 19.6 Å². The van der Waals surface area contributed by atoms with Crippen molar-refractivity contribution in [3.8, 4) is 0 Å². The van der Waals surface area contributed by atoms with Crippen LogP contribution in [-0.2, 0) is 16.1 Å². The molecule has 0 radical (unpaired) electrons. The fourth-order valence-corrected chi connectivity index (χ4v) is 4.60. The first-order valence-corrected chi connectivity index (χ1v) is 9.41. The van der Waals surface area contributed by atoms with E-state index in [9.17, 15) is 19.5 Å². The normalized spacial score (nSPS) is 22.4. The lowest BCUT2D eigenvalue weighted by Gasteiger charge is -2.46. The average Bonchev–Trinajstić information content (AvgIpc) is 2.87. The number of carbonyl (C=O) groups is 3. The van der Waals surface area contributed by atoms with Gasteiger partial charge in [-0.15, -0.1) is 0 Å². The Morgan fingerprint density at radius 2 is 1.89 bits per heavy atom. The second-order valence-electron chi connectivity index (χ2n) is 7.96. The highest BCUT2D eigenvalue weighted by molar-refractivity contribution is 5.96. The van der Waals surface area contributed by atoms with Crippen molar-refractivity contribution >= 4 is 17.6 Å². The summed E-state index contributed by atoms with van der Waals surface area (Å²) >= 11 is 0. The average molecular weight is 376 g/mol. The molecule has 8 nitrogen and oxygen atoms in total. The van der Waals surface area contributed by atoms with Gasteiger partial charge in [0.05, 0.1) is 22.8 Å². The molecule has 1 unspecified atom stereocenters. The van der Waals surface area contributed by atoms with E-state index in [1.807, 2.05) is 0 Å². The van der Waals surface area contributed by atoms with E-state index >= 15 is 0 Å².